The van der Waals surface area contributed by atoms with Crippen LogP contribution in [0.15, 0.2) is 18.2 Å². The van der Waals surface area contributed by atoms with E-state index in [1.807, 2.05) is 12.1 Å². The highest BCUT2D eigenvalue weighted by Gasteiger charge is 2.32. The molecule has 88 valence electrons. The highest BCUT2D eigenvalue weighted by atomic mass is 16.3. The van der Waals surface area contributed by atoms with Crippen LogP contribution in [0.1, 0.15) is 25.7 Å². The first-order valence-corrected chi connectivity index (χ1v) is 5.81. The fourth-order valence-electron chi connectivity index (χ4n) is 2.34. The second kappa shape index (κ2) is 4.70. The maximum absolute atomic E-state index is 9.46. The van der Waals surface area contributed by atoms with Crippen LogP contribution < -0.4 is 11.1 Å². The molecule has 0 unspecified atom stereocenters. The van der Waals surface area contributed by atoms with E-state index in [9.17, 15) is 5.11 Å². The van der Waals surface area contributed by atoms with Crippen molar-refractivity contribution >= 4 is 11.6 Å². The number of hydrogen-bond acceptors (Lipinski definition) is 4. The fraction of sp³-hybridized carbons (Fsp3) is 0.583. The van der Waals surface area contributed by atoms with E-state index >= 15 is 0 Å². The summed E-state index contributed by atoms with van der Waals surface area (Å²) in [6, 6.07) is 5.55. The number of rotatable bonds is 4. The number of pyridine rings is 1. The second-order valence-corrected chi connectivity index (χ2v) is 4.67. The molecular weight excluding hydrogens is 202 g/mol. The van der Waals surface area contributed by atoms with Crippen LogP contribution in [0.5, 0.6) is 0 Å². The Labute approximate surface area is 95.9 Å². The molecule has 16 heavy (non-hydrogen) atoms. The van der Waals surface area contributed by atoms with Crippen LogP contribution in [0.3, 0.4) is 0 Å². The Hall–Kier alpha value is -1.29. The molecule has 0 amide bonds. The number of anilines is 2. The predicted octanol–water partition coefficient (Wildman–Crippen LogP) is 1.63. The van der Waals surface area contributed by atoms with Crippen molar-refractivity contribution in [3.8, 4) is 0 Å². The Morgan fingerprint density at radius 1 is 1.38 bits per heavy atom. The SMILES string of the molecule is Nc1cccc(NCC2(CO)CCCC2)n1. The molecule has 1 aliphatic rings. The van der Waals surface area contributed by atoms with Gasteiger partial charge in [-0.3, -0.25) is 0 Å². The maximum atomic E-state index is 9.46. The first-order valence-electron chi connectivity index (χ1n) is 5.81. The summed E-state index contributed by atoms with van der Waals surface area (Å²) in [4.78, 5) is 4.18. The van der Waals surface area contributed by atoms with Gasteiger partial charge in [-0.25, -0.2) is 4.98 Å². The topological polar surface area (TPSA) is 71.2 Å². The van der Waals surface area contributed by atoms with Crippen molar-refractivity contribution < 1.29 is 5.11 Å². The molecule has 0 saturated heterocycles. The van der Waals surface area contributed by atoms with Crippen LogP contribution in [0.2, 0.25) is 0 Å². The summed E-state index contributed by atoms with van der Waals surface area (Å²) < 4.78 is 0. The molecular formula is C12H19N3O. The largest absolute Gasteiger partial charge is 0.396 e. The number of nitrogen functional groups attached to an aromatic ring is 1. The minimum Gasteiger partial charge on any atom is -0.396 e. The number of nitrogens with one attached hydrogen (secondary N) is 1. The van der Waals surface area contributed by atoms with Gasteiger partial charge in [0.1, 0.15) is 11.6 Å². The van der Waals surface area contributed by atoms with Gasteiger partial charge in [-0.1, -0.05) is 18.9 Å². The third-order valence-corrected chi connectivity index (χ3v) is 3.41. The summed E-state index contributed by atoms with van der Waals surface area (Å²) in [6.07, 6.45) is 4.62. The summed E-state index contributed by atoms with van der Waals surface area (Å²) in [5, 5.41) is 12.7. The molecule has 1 heterocycles. The molecule has 0 atom stereocenters. The standard InChI is InChI=1S/C12H19N3O/c13-10-4-3-5-11(15-10)14-8-12(9-16)6-1-2-7-12/h3-5,16H,1-2,6-9H2,(H3,13,14,15). The molecule has 1 saturated carbocycles. The van der Waals surface area contributed by atoms with Crippen LogP contribution in [0.4, 0.5) is 11.6 Å². The zero-order chi connectivity index (χ0) is 11.4. The molecule has 0 aromatic carbocycles. The smallest absolute Gasteiger partial charge is 0.128 e. The van der Waals surface area contributed by atoms with E-state index in [1.165, 1.54) is 12.8 Å². The van der Waals surface area contributed by atoms with Gasteiger partial charge in [0.2, 0.25) is 0 Å². The number of aliphatic hydroxyl groups excluding tert-OH is 1. The van der Waals surface area contributed by atoms with Gasteiger partial charge in [-0.15, -0.1) is 0 Å². The van der Waals surface area contributed by atoms with Crippen molar-refractivity contribution in [2.24, 2.45) is 5.41 Å². The fourth-order valence-corrected chi connectivity index (χ4v) is 2.34. The van der Waals surface area contributed by atoms with E-state index < -0.39 is 0 Å². The number of nitrogens with zero attached hydrogens (tertiary/aromatic N) is 1. The Bertz CT molecular complexity index is 348. The number of nitrogens with two attached hydrogens (primary N) is 1. The monoisotopic (exact) mass is 221 g/mol. The van der Waals surface area contributed by atoms with E-state index in [2.05, 4.69) is 10.3 Å². The molecule has 4 nitrogen and oxygen atoms in total. The Balaban J connectivity index is 1.95. The van der Waals surface area contributed by atoms with Gasteiger partial charge in [0.25, 0.3) is 0 Å². The summed E-state index contributed by atoms with van der Waals surface area (Å²) in [5.74, 6) is 1.31. The first kappa shape index (κ1) is 11.2. The lowest BCUT2D eigenvalue weighted by Crippen LogP contribution is -2.30. The van der Waals surface area contributed by atoms with Crippen LogP contribution in [-0.2, 0) is 0 Å². The maximum Gasteiger partial charge on any atom is 0.128 e. The minimum absolute atomic E-state index is 0.0479. The molecule has 4 N–H and O–H groups in total. The number of hydrogen-bond donors (Lipinski definition) is 3. The summed E-state index contributed by atoms with van der Waals surface area (Å²) in [6.45, 7) is 1.03. The van der Waals surface area contributed by atoms with Crippen LogP contribution >= 0.6 is 0 Å². The molecule has 0 bridgehead atoms. The third-order valence-electron chi connectivity index (χ3n) is 3.41. The van der Waals surface area contributed by atoms with Crippen molar-refractivity contribution in [1.82, 2.24) is 4.98 Å². The molecule has 1 fully saturated rings. The first-order chi connectivity index (χ1) is 7.74. The lowest BCUT2D eigenvalue weighted by molar-refractivity contribution is 0.142. The van der Waals surface area contributed by atoms with Crippen molar-refractivity contribution in [2.45, 2.75) is 25.7 Å². The van der Waals surface area contributed by atoms with E-state index in [0.29, 0.717) is 5.82 Å². The van der Waals surface area contributed by atoms with E-state index in [-0.39, 0.29) is 12.0 Å². The van der Waals surface area contributed by atoms with Crippen molar-refractivity contribution in [3.63, 3.8) is 0 Å². The molecule has 1 aromatic heterocycles. The van der Waals surface area contributed by atoms with Gasteiger partial charge in [0, 0.05) is 12.0 Å². The predicted molar refractivity (Wildman–Crippen MR) is 65.1 cm³/mol. The summed E-state index contributed by atoms with van der Waals surface area (Å²) in [7, 11) is 0. The molecule has 2 rings (SSSR count). The Morgan fingerprint density at radius 3 is 2.75 bits per heavy atom. The Morgan fingerprint density at radius 2 is 2.12 bits per heavy atom. The number of aliphatic hydroxyl groups is 1. The van der Waals surface area contributed by atoms with E-state index in [1.54, 1.807) is 6.07 Å². The lowest BCUT2D eigenvalue weighted by Gasteiger charge is -2.26. The van der Waals surface area contributed by atoms with Gasteiger partial charge >= 0.3 is 0 Å². The van der Waals surface area contributed by atoms with Crippen molar-refractivity contribution in [2.75, 3.05) is 24.2 Å². The van der Waals surface area contributed by atoms with Gasteiger partial charge in [0.15, 0.2) is 0 Å². The lowest BCUT2D eigenvalue weighted by atomic mass is 9.87. The van der Waals surface area contributed by atoms with Crippen LogP contribution in [-0.4, -0.2) is 23.2 Å². The third kappa shape index (κ3) is 2.44. The van der Waals surface area contributed by atoms with E-state index in [0.717, 1.165) is 25.2 Å². The molecule has 0 aliphatic heterocycles. The average Bonchev–Trinajstić information content (AvgIpc) is 2.76. The van der Waals surface area contributed by atoms with Gasteiger partial charge in [0.05, 0.1) is 6.61 Å². The minimum atomic E-state index is 0.0479. The quantitative estimate of drug-likeness (QED) is 0.722. The van der Waals surface area contributed by atoms with Gasteiger partial charge in [-0.05, 0) is 25.0 Å². The summed E-state index contributed by atoms with van der Waals surface area (Å²) >= 11 is 0. The zero-order valence-electron chi connectivity index (χ0n) is 9.45. The second-order valence-electron chi connectivity index (χ2n) is 4.67. The molecule has 0 radical (unpaired) electrons. The molecule has 4 heteroatoms. The highest BCUT2D eigenvalue weighted by molar-refractivity contribution is 5.42. The Kier molecular flexibility index (Phi) is 3.29. The van der Waals surface area contributed by atoms with Gasteiger partial charge in [-0.2, -0.15) is 0 Å². The molecule has 0 spiro atoms. The normalized spacial score (nSPS) is 18.6. The molecule has 1 aliphatic carbocycles. The van der Waals surface area contributed by atoms with Crippen LogP contribution in [0, 0.1) is 5.41 Å². The highest BCUT2D eigenvalue weighted by Crippen LogP contribution is 2.37. The summed E-state index contributed by atoms with van der Waals surface area (Å²) in [5.41, 5.74) is 5.66. The molecule has 1 aromatic rings. The average molecular weight is 221 g/mol. The van der Waals surface area contributed by atoms with Crippen molar-refractivity contribution in [3.05, 3.63) is 18.2 Å². The van der Waals surface area contributed by atoms with Gasteiger partial charge < -0.3 is 16.2 Å². The van der Waals surface area contributed by atoms with Crippen molar-refractivity contribution in [1.29, 1.82) is 0 Å². The number of aromatic nitrogens is 1. The zero-order valence-corrected chi connectivity index (χ0v) is 9.45. The van der Waals surface area contributed by atoms with Crippen LogP contribution in [0.25, 0.3) is 0 Å². The van der Waals surface area contributed by atoms with E-state index in [4.69, 9.17) is 5.73 Å².